The first-order chi connectivity index (χ1) is 8.24. The lowest BCUT2D eigenvalue weighted by Crippen LogP contribution is -1.83. The fourth-order valence-electron chi connectivity index (χ4n) is 1.73. The second kappa shape index (κ2) is 4.52. The molecular weight excluding hydrogens is 319 g/mol. The zero-order chi connectivity index (χ0) is 11.8. The Morgan fingerprint density at radius 3 is 2.76 bits per heavy atom. The van der Waals surface area contributed by atoms with Crippen molar-refractivity contribution in [3.63, 3.8) is 0 Å². The number of benzene rings is 1. The van der Waals surface area contributed by atoms with Gasteiger partial charge >= 0.3 is 0 Å². The average molecular weight is 327 g/mol. The molecule has 1 unspecified atom stereocenters. The van der Waals surface area contributed by atoms with Crippen molar-refractivity contribution in [1.29, 1.82) is 0 Å². The molecule has 0 saturated carbocycles. The van der Waals surface area contributed by atoms with Gasteiger partial charge in [0.2, 0.25) is 0 Å². The van der Waals surface area contributed by atoms with Gasteiger partial charge in [0.15, 0.2) is 0 Å². The van der Waals surface area contributed by atoms with E-state index in [0.29, 0.717) is 0 Å². The highest BCUT2D eigenvalue weighted by molar-refractivity contribution is 9.09. The first-order valence-corrected chi connectivity index (χ1v) is 7.72. The van der Waals surface area contributed by atoms with Crippen molar-refractivity contribution in [3.05, 3.63) is 57.3 Å². The van der Waals surface area contributed by atoms with Gasteiger partial charge in [-0.1, -0.05) is 28.1 Å². The lowest BCUT2D eigenvalue weighted by Gasteiger charge is -2.02. The molecule has 0 radical (unpaired) electrons. The van der Waals surface area contributed by atoms with Gasteiger partial charge in [-0.3, -0.25) is 0 Å². The Labute approximate surface area is 115 Å². The first-order valence-electron chi connectivity index (χ1n) is 5.10. The zero-order valence-corrected chi connectivity index (χ0v) is 11.9. The Kier molecular flexibility index (Phi) is 3.03. The molecule has 0 aliphatic heterocycles. The average Bonchev–Trinajstić information content (AvgIpc) is 2.96. The summed E-state index contributed by atoms with van der Waals surface area (Å²) in [6.07, 6.45) is 0. The van der Waals surface area contributed by atoms with Gasteiger partial charge in [-0.05, 0) is 35.0 Å². The van der Waals surface area contributed by atoms with Crippen molar-refractivity contribution < 1.29 is 4.39 Å². The number of thiophene rings is 2. The van der Waals surface area contributed by atoms with E-state index < -0.39 is 0 Å². The van der Waals surface area contributed by atoms with E-state index in [2.05, 4.69) is 33.4 Å². The largest absolute Gasteiger partial charge is 0.207 e. The molecule has 0 saturated heterocycles. The van der Waals surface area contributed by atoms with Crippen LogP contribution in [0, 0.1) is 5.82 Å². The molecule has 4 heteroatoms. The van der Waals surface area contributed by atoms with Crippen molar-refractivity contribution in [2.75, 3.05) is 0 Å². The monoisotopic (exact) mass is 326 g/mol. The molecule has 1 atom stereocenters. The summed E-state index contributed by atoms with van der Waals surface area (Å²) in [5, 5.41) is 3.17. The molecule has 0 bridgehead atoms. The Hall–Kier alpha value is -0.710. The van der Waals surface area contributed by atoms with E-state index in [-0.39, 0.29) is 10.6 Å². The second-order valence-electron chi connectivity index (χ2n) is 3.71. The molecule has 1 aromatic carbocycles. The van der Waals surface area contributed by atoms with Gasteiger partial charge in [0.1, 0.15) is 5.82 Å². The Morgan fingerprint density at radius 1 is 1.12 bits per heavy atom. The van der Waals surface area contributed by atoms with Crippen LogP contribution in [0.25, 0.3) is 10.1 Å². The van der Waals surface area contributed by atoms with E-state index in [1.165, 1.54) is 15.8 Å². The van der Waals surface area contributed by atoms with Gasteiger partial charge in [0.05, 0.1) is 4.83 Å². The number of fused-ring (bicyclic) bond motifs is 1. The van der Waals surface area contributed by atoms with Gasteiger partial charge in [-0.2, -0.15) is 0 Å². The van der Waals surface area contributed by atoms with Crippen LogP contribution in [-0.4, -0.2) is 0 Å². The minimum Gasteiger partial charge on any atom is -0.207 e. The number of hydrogen-bond donors (Lipinski definition) is 0. The number of halogens is 2. The smallest absolute Gasteiger partial charge is 0.124 e. The molecule has 3 aromatic rings. The quantitative estimate of drug-likeness (QED) is 0.539. The van der Waals surface area contributed by atoms with Crippen molar-refractivity contribution >= 4 is 48.7 Å². The minimum atomic E-state index is -0.173. The van der Waals surface area contributed by atoms with Gasteiger partial charge in [0.25, 0.3) is 0 Å². The van der Waals surface area contributed by atoms with E-state index in [1.807, 2.05) is 12.1 Å². The zero-order valence-electron chi connectivity index (χ0n) is 8.69. The normalized spacial score (nSPS) is 13.1. The van der Waals surface area contributed by atoms with E-state index in [4.69, 9.17) is 0 Å². The third-order valence-corrected chi connectivity index (χ3v) is 6.24. The van der Waals surface area contributed by atoms with Gasteiger partial charge in [-0.15, -0.1) is 22.7 Å². The molecular formula is C13H8BrFS2. The van der Waals surface area contributed by atoms with E-state index >= 15 is 0 Å². The van der Waals surface area contributed by atoms with E-state index in [9.17, 15) is 4.39 Å². The van der Waals surface area contributed by atoms with Crippen LogP contribution < -0.4 is 0 Å². The molecule has 0 N–H and O–H groups in total. The molecule has 2 aromatic heterocycles. The highest BCUT2D eigenvalue weighted by Crippen LogP contribution is 2.39. The summed E-state index contributed by atoms with van der Waals surface area (Å²) < 4.78 is 14.1. The Morgan fingerprint density at radius 2 is 2.00 bits per heavy atom. The lowest BCUT2D eigenvalue weighted by molar-refractivity contribution is 0.630. The maximum absolute atomic E-state index is 13.1. The van der Waals surface area contributed by atoms with Crippen molar-refractivity contribution in [1.82, 2.24) is 0 Å². The summed E-state index contributed by atoms with van der Waals surface area (Å²) in [5.41, 5.74) is 0. The van der Waals surface area contributed by atoms with Crippen LogP contribution in [0.2, 0.25) is 0 Å². The third-order valence-electron chi connectivity index (χ3n) is 2.54. The predicted octanol–water partition coefficient (Wildman–Crippen LogP) is 5.59. The van der Waals surface area contributed by atoms with Crippen LogP contribution in [0.4, 0.5) is 4.39 Å². The number of alkyl halides is 1. The molecule has 0 aliphatic carbocycles. The lowest BCUT2D eigenvalue weighted by atomic mass is 10.2. The summed E-state index contributed by atoms with van der Waals surface area (Å²) in [6, 6.07) is 11.2. The molecule has 3 rings (SSSR count). The molecule has 0 amide bonds. The first kappa shape index (κ1) is 11.4. The summed E-state index contributed by atoms with van der Waals surface area (Å²) in [6.45, 7) is 0. The Balaban J connectivity index is 2.06. The van der Waals surface area contributed by atoms with Gasteiger partial charge in [0, 0.05) is 14.5 Å². The van der Waals surface area contributed by atoms with E-state index in [0.717, 1.165) is 10.1 Å². The van der Waals surface area contributed by atoms with Crippen LogP contribution in [0.3, 0.4) is 0 Å². The fourth-order valence-corrected chi connectivity index (χ4v) is 4.49. The molecule has 86 valence electrons. The minimum absolute atomic E-state index is 0.173. The molecule has 0 fully saturated rings. The van der Waals surface area contributed by atoms with Crippen molar-refractivity contribution in [2.24, 2.45) is 0 Å². The van der Waals surface area contributed by atoms with Crippen molar-refractivity contribution in [2.45, 2.75) is 4.83 Å². The highest BCUT2D eigenvalue weighted by Gasteiger charge is 2.14. The standard InChI is InChI=1S/C13H8BrFS2/c14-13(10-2-1-5-16-10)12-6-8-3-4-9(15)7-11(8)17-12/h1-7,13H. The third kappa shape index (κ3) is 2.17. The summed E-state index contributed by atoms with van der Waals surface area (Å²) in [7, 11) is 0. The molecule has 0 aliphatic rings. The summed E-state index contributed by atoms with van der Waals surface area (Å²) >= 11 is 7.06. The topological polar surface area (TPSA) is 0 Å². The molecule has 0 nitrogen and oxygen atoms in total. The van der Waals surface area contributed by atoms with Crippen LogP contribution >= 0.6 is 38.6 Å². The molecule has 2 heterocycles. The Bertz CT molecular complexity index is 643. The van der Waals surface area contributed by atoms with Crippen LogP contribution in [-0.2, 0) is 0 Å². The van der Waals surface area contributed by atoms with Gasteiger partial charge < -0.3 is 0 Å². The van der Waals surface area contributed by atoms with Crippen LogP contribution in [0.5, 0.6) is 0 Å². The second-order valence-corrected chi connectivity index (χ2v) is 6.72. The van der Waals surface area contributed by atoms with Crippen LogP contribution in [0.15, 0.2) is 41.8 Å². The molecule has 0 spiro atoms. The highest BCUT2D eigenvalue weighted by atomic mass is 79.9. The fraction of sp³-hybridized carbons (Fsp3) is 0.0769. The maximum Gasteiger partial charge on any atom is 0.124 e. The summed E-state index contributed by atoms with van der Waals surface area (Å²) in [4.78, 5) is 2.70. The number of rotatable bonds is 2. The van der Waals surface area contributed by atoms with Gasteiger partial charge in [-0.25, -0.2) is 4.39 Å². The maximum atomic E-state index is 13.1. The predicted molar refractivity (Wildman–Crippen MR) is 76.9 cm³/mol. The van der Waals surface area contributed by atoms with Crippen LogP contribution in [0.1, 0.15) is 14.6 Å². The summed E-state index contributed by atoms with van der Waals surface area (Å²) in [5.74, 6) is -0.173. The van der Waals surface area contributed by atoms with Crippen molar-refractivity contribution in [3.8, 4) is 0 Å². The molecule has 17 heavy (non-hydrogen) atoms. The van der Waals surface area contributed by atoms with E-state index in [1.54, 1.807) is 28.7 Å². The SMILES string of the molecule is Fc1ccc2cc(C(Br)c3cccs3)sc2c1. The number of hydrogen-bond acceptors (Lipinski definition) is 2.